The van der Waals surface area contributed by atoms with Gasteiger partial charge in [-0.1, -0.05) is 13.8 Å². The molecule has 0 aliphatic carbocycles. The first kappa shape index (κ1) is 15.9. The Morgan fingerprint density at radius 2 is 1.95 bits per heavy atom. The van der Waals surface area contributed by atoms with Gasteiger partial charge in [-0.15, -0.1) is 11.3 Å². The summed E-state index contributed by atoms with van der Waals surface area (Å²) in [7, 11) is -2.00. The lowest BCUT2D eigenvalue weighted by molar-refractivity contribution is 0.414. The van der Waals surface area contributed by atoms with Gasteiger partial charge in [-0.2, -0.15) is 0 Å². The molecule has 7 heteroatoms. The third-order valence-corrected chi connectivity index (χ3v) is 5.49. The summed E-state index contributed by atoms with van der Waals surface area (Å²) in [6.45, 7) is 4.31. The van der Waals surface area contributed by atoms with Crippen LogP contribution in [-0.2, 0) is 16.6 Å². The number of methoxy groups -OCH3 is 1. The lowest BCUT2D eigenvalue weighted by atomic mass is 10.2. The van der Waals surface area contributed by atoms with Gasteiger partial charge >= 0.3 is 0 Å². The SMILES string of the molecule is COc1ccc(S(=O)(=O)NCc2csc(C(C)C)n2)cc1. The van der Waals surface area contributed by atoms with Crippen molar-refractivity contribution in [1.29, 1.82) is 0 Å². The molecule has 1 N–H and O–H groups in total. The highest BCUT2D eigenvalue weighted by molar-refractivity contribution is 7.89. The summed E-state index contributed by atoms with van der Waals surface area (Å²) >= 11 is 1.55. The molecule has 0 spiro atoms. The average Bonchev–Trinajstić information content (AvgIpc) is 2.94. The predicted octanol–water partition coefficient (Wildman–Crippen LogP) is 2.75. The highest BCUT2D eigenvalue weighted by Gasteiger charge is 2.15. The maximum Gasteiger partial charge on any atom is 0.240 e. The van der Waals surface area contributed by atoms with Crippen LogP contribution in [0.3, 0.4) is 0 Å². The fourth-order valence-electron chi connectivity index (χ4n) is 1.68. The second-order valence-corrected chi connectivity index (χ2v) is 7.49. The number of rotatable bonds is 6. The van der Waals surface area contributed by atoms with Gasteiger partial charge in [-0.05, 0) is 24.3 Å². The Bertz CT molecular complexity index is 691. The van der Waals surface area contributed by atoms with Crippen molar-refractivity contribution in [1.82, 2.24) is 9.71 Å². The fourth-order valence-corrected chi connectivity index (χ4v) is 3.51. The number of nitrogens with one attached hydrogen (secondary N) is 1. The van der Waals surface area contributed by atoms with Crippen LogP contribution in [0.2, 0.25) is 0 Å². The van der Waals surface area contributed by atoms with Gasteiger partial charge in [-0.3, -0.25) is 0 Å². The fraction of sp³-hybridized carbons (Fsp3) is 0.357. The molecule has 2 aromatic rings. The van der Waals surface area contributed by atoms with Crippen LogP contribution in [0.25, 0.3) is 0 Å². The van der Waals surface area contributed by atoms with Crippen molar-refractivity contribution in [3.05, 3.63) is 40.3 Å². The van der Waals surface area contributed by atoms with Gasteiger partial charge in [0.05, 0.1) is 29.3 Å². The zero-order valence-electron chi connectivity index (χ0n) is 12.2. The van der Waals surface area contributed by atoms with Gasteiger partial charge in [0.25, 0.3) is 0 Å². The van der Waals surface area contributed by atoms with Crippen LogP contribution in [-0.4, -0.2) is 20.5 Å². The molecule has 1 aromatic carbocycles. The van der Waals surface area contributed by atoms with E-state index < -0.39 is 10.0 Å². The molecule has 114 valence electrons. The molecule has 0 amide bonds. The molecule has 1 heterocycles. The Labute approximate surface area is 129 Å². The van der Waals surface area contributed by atoms with Gasteiger partial charge in [0, 0.05) is 11.3 Å². The highest BCUT2D eigenvalue weighted by atomic mass is 32.2. The molecule has 21 heavy (non-hydrogen) atoms. The minimum absolute atomic E-state index is 0.192. The second-order valence-electron chi connectivity index (χ2n) is 4.83. The van der Waals surface area contributed by atoms with E-state index in [0.29, 0.717) is 11.7 Å². The highest BCUT2D eigenvalue weighted by Crippen LogP contribution is 2.20. The first-order valence-corrected chi connectivity index (χ1v) is 8.86. The largest absolute Gasteiger partial charge is 0.497 e. The zero-order chi connectivity index (χ0) is 15.5. The molecule has 0 aliphatic rings. The van der Waals surface area contributed by atoms with E-state index in [0.717, 1.165) is 10.7 Å². The zero-order valence-corrected chi connectivity index (χ0v) is 13.8. The smallest absolute Gasteiger partial charge is 0.240 e. The van der Waals surface area contributed by atoms with Crippen molar-refractivity contribution in [2.24, 2.45) is 0 Å². The third-order valence-electron chi connectivity index (χ3n) is 2.88. The van der Waals surface area contributed by atoms with E-state index in [1.54, 1.807) is 23.5 Å². The van der Waals surface area contributed by atoms with Crippen molar-refractivity contribution < 1.29 is 13.2 Å². The molecule has 0 unspecified atom stereocenters. The topological polar surface area (TPSA) is 68.3 Å². The molecule has 0 saturated carbocycles. The lowest BCUT2D eigenvalue weighted by Crippen LogP contribution is -2.23. The Kier molecular flexibility index (Phi) is 4.97. The number of hydrogen-bond acceptors (Lipinski definition) is 5. The van der Waals surface area contributed by atoms with Crippen molar-refractivity contribution in [2.45, 2.75) is 31.2 Å². The van der Waals surface area contributed by atoms with E-state index in [-0.39, 0.29) is 11.4 Å². The summed E-state index contributed by atoms with van der Waals surface area (Å²) in [5.74, 6) is 0.969. The van der Waals surface area contributed by atoms with Crippen LogP contribution in [0.1, 0.15) is 30.5 Å². The summed E-state index contributed by atoms with van der Waals surface area (Å²) in [6, 6.07) is 6.27. The van der Waals surface area contributed by atoms with E-state index in [9.17, 15) is 8.42 Å². The van der Waals surface area contributed by atoms with Crippen molar-refractivity contribution >= 4 is 21.4 Å². The Morgan fingerprint density at radius 3 is 2.48 bits per heavy atom. The molecule has 2 rings (SSSR count). The number of aromatic nitrogens is 1. The number of hydrogen-bond donors (Lipinski definition) is 1. The van der Waals surface area contributed by atoms with Gasteiger partial charge in [-0.25, -0.2) is 18.1 Å². The number of sulfonamides is 1. The van der Waals surface area contributed by atoms with Gasteiger partial charge in [0.2, 0.25) is 10.0 Å². The van der Waals surface area contributed by atoms with Crippen LogP contribution in [0.15, 0.2) is 34.5 Å². The van der Waals surface area contributed by atoms with Crippen molar-refractivity contribution in [2.75, 3.05) is 7.11 Å². The van der Waals surface area contributed by atoms with Gasteiger partial charge in [0.1, 0.15) is 5.75 Å². The first-order valence-electron chi connectivity index (χ1n) is 6.50. The van der Waals surface area contributed by atoms with Crippen LogP contribution in [0, 0.1) is 0 Å². The van der Waals surface area contributed by atoms with Crippen molar-refractivity contribution in [3.8, 4) is 5.75 Å². The lowest BCUT2D eigenvalue weighted by Gasteiger charge is -2.06. The first-order chi connectivity index (χ1) is 9.92. The molecule has 0 saturated heterocycles. The summed E-state index contributed by atoms with van der Waals surface area (Å²) in [6.07, 6.45) is 0. The molecule has 0 radical (unpaired) electrons. The van der Waals surface area contributed by atoms with Gasteiger partial charge < -0.3 is 4.74 Å². The number of thiazole rings is 1. The van der Waals surface area contributed by atoms with E-state index in [1.807, 2.05) is 5.38 Å². The second kappa shape index (κ2) is 6.55. The van der Waals surface area contributed by atoms with Crippen LogP contribution in [0.4, 0.5) is 0 Å². The number of nitrogens with zero attached hydrogens (tertiary/aromatic N) is 1. The van der Waals surface area contributed by atoms with Crippen LogP contribution in [0.5, 0.6) is 5.75 Å². The van der Waals surface area contributed by atoms with E-state index in [1.165, 1.54) is 19.2 Å². The molecule has 1 aromatic heterocycles. The minimum Gasteiger partial charge on any atom is -0.497 e. The normalized spacial score (nSPS) is 11.8. The predicted molar refractivity (Wildman–Crippen MR) is 83.2 cm³/mol. The molecule has 0 fully saturated rings. The molecular formula is C14H18N2O3S2. The van der Waals surface area contributed by atoms with Gasteiger partial charge in [0.15, 0.2) is 0 Å². The molecule has 0 aliphatic heterocycles. The molecule has 0 atom stereocenters. The van der Waals surface area contributed by atoms with E-state index in [4.69, 9.17) is 4.74 Å². The monoisotopic (exact) mass is 326 g/mol. The van der Waals surface area contributed by atoms with Crippen molar-refractivity contribution in [3.63, 3.8) is 0 Å². The molecule has 5 nitrogen and oxygen atoms in total. The summed E-state index contributed by atoms with van der Waals surface area (Å²) in [4.78, 5) is 4.62. The minimum atomic E-state index is -3.54. The Morgan fingerprint density at radius 1 is 1.29 bits per heavy atom. The average molecular weight is 326 g/mol. The molecular weight excluding hydrogens is 308 g/mol. The third kappa shape index (κ3) is 4.03. The molecule has 0 bridgehead atoms. The number of benzene rings is 1. The van der Waals surface area contributed by atoms with Crippen LogP contribution >= 0.6 is 11.3 Å². The Balaban J connectivity index is 2.06. The van der Waals surface area contributed by atoms with Crippen LogP contribution < -0.4 is 9.46 Å². The van der Waals surface area contributed by atoms with E-state index in [2.05, 4.69) is 23.6 Å². The number of ether oxygens (including phenoxy) is 1. The Hall–Kier alpha value is -1.44. The maximum absolute atomic E-state index is 12.2. The quantitative estimate of drug-likeness (QED) is 0.886. The summed E-state index contributed by atoms with van der Waals surface area (Å²) in [5, 5.41) is 2.89. The van der Waals surface area contributed by atoms with E-state index >= 15 is 0 Å². The standard InChI is InChI=1S/C14H18N2O3S2/c1-10(2)14-16-11(9-20-14)8-15-21(17,18)13-6-4-12(19-3)5-7-13/h4-7,9-10,15H,8H2,1-3H3. The summed E-state index contributed by atoms with van der Waals surface area (Å²) < 4.78 is 31.9. The summed E-state index contributed by atoms with van der Waals surface area (Å²) in [5.41, 5.74) is 0.737. The maximum atomic E-state index is 12.2.